The highest BCUT2D eigenvalue weighted by Gasteiger charge is 2.53. The summed E-state index contributed by atoms with van der Waals surface area (Å²) in [4.78, 5) is 13.4. The molecule has 6 nitrogen and oxygen atoms in total. The first-order valence-corrected chi connectivity index (χ1v) is 7.69. The minimum absolute atomic E-state index is 0.0307. The zero-order chi connectivity index (χ0) is 17.3. The van der Waals surface area contributed by atoms with Crippen LogP contribution in [0.3, 0.4) is 0 Å². The highest BCUT2D eigenvalue weighted by Crippen LogP contribution is 2.38. The average Bonchev–Trinajstić information content (AvgIpc) is 2.96. The number of hydrogen-bond acceptors (Lipinski definition) is 5. The van der Waals surface area contributed by atoms with Crippen molar-refractivity contribution in [2.24, 2.45) is 11.7 Å². The van der Waals surface area contributed by atoms with Crippen LogP contribution in [0.2, 0.25) is 0 Å². The van der Waals surface area contributed by atoms with Crippen LogP contribution in [0.1, 0.15) is 11.1 Å². The van der Waals surface area contributed by atoms with Crippen molar-refractivity contribution in [2.45, 2.75) is 25.3 Å². The summed E-state index contributed by atoms with van der Waals surface area (Å²) in [7, 11) is 0. The van der Waals surface area contributed by atoms with Gasteiger partial charge in [0.1, 0.15) is 12.4 Å². The van der Waals surface area contributed by atoms with E-state index < -0.39 is 24.0 Å². The van der Waals surface area contributed by atoms with Gasteiger partial charge in [-0.25, -0.2) is 5.43 Å². The van der Waals surface area contributed by atoms with Crippen LogP contribution in [-0.2, 0) is 17.9 Å². The molecule has 9 heteroatoms. The van der Waals surface area contributed by atoms with E-state index >= 15 is 0 Å². The maximum atomic E-state index is 13.3. The summed E-state index contributed by atoms with van der Waals surface area (Å²) in [5.41, 5.74) is 11.8. The molecule has 2 heterocycles. The van der Waals surface area contributed by atoms with E-state index in [2.05, 4.69) is 10.9 Å². The second-order valence-electron chi connectivity index (χ2n) is 5.89. The minimum Gasteiger partial charge on any atom is -0.492 e. The van der Waals surface area contributed by atoms with Gasteiger partial charge in [-0.05, 0) is 11.6 Å². The molecule has 0 aromatic heterocycles. The largest absolute Gasteiger partial charge is 0.492 e. The van der Waals surface area contributed by atoms with Crippen molar-refractivity contribution in [3.8, 4) is 5.75 Å². The zero-order valence-electron chi connectivity index (χ0n) is 12.9. The molecule has 4 N–H and O–H groups in total. The molecule has 1 saturated heterocycles. The molecule has 0 spiro atoms. The number of nitrogens with one attached hydrogen (secondary N) is 2. The number of rotatable bonds is 4. The molecule has 1 aromatic rings. The van der Waals surface area contributed by atoms with Gasteiger partial charge < -0.3 is 10.5 Å². The first-order valence-electron chi connectivity index (χ1n) is 7.69. The maximum absolute atomic E-state index is 13.3. The van der Waals surface area contributed by atoms with Gasteiger partial charge in [0.25, 0.3) is 0 Å². The third-order valence-corrected chi connectivity index (χ3v) is 4.35. The highest BCUT2D eigenvalue weighted by atomic mass is 19.4. The van der Waals surface area contributed by atoms with Gasteiger partial charge in [-0.15, -0.1) is 0 Å². The number of benzene rings is 1. The van der Waals surface area contributed by atoms with Gasteiger partial charge in [-0.2, -0.15) is 13.2 Å². The smallest absolute Gasteiger partial charge is 0.402 e. The number of amides is 1. The molecule has 0 bridgehead atoms. The molecule has 0 saturated carbocycles. The SMILES string of the molecule is NCCOc1cccc2c1CN(C1CNNC(=O)C1C(F)(F)F)C2. The minimum atomic E-state index is -4.59. The molecule has 1 aromatic carbocycles. The van der Waals surface area contributed by atoms with Crippen LogP contribution in [0.15, 0.2) is 18.2 Å². The Hall–Kier alpha value is -1.84. The Morgan fingerprint density at radius 1 is 1.33 bits per heavy atom. The van der Waals surface area contributed by atoms with Crippen LogP contribution >= 0.6 is 0 Å². The standard InChI is InChI=1S/C15H19F3N4O2/c16-15(17,18)13-11(6-20-21-14(13)23)22-7-9-2-1-3-12(10(9)8-22)24-5-4-19/h1-3,11,13,20H,4-8,19H2,(H,21,23). The Morgan fingerprint density at radius 3 is 2.83 bits per heavy atom. The lowest BCUT2D eigenvalue weighted by Gasteiger charge is -2.38. The van der Waals surface area contributed by atoms with Gasteiger partial charge in [-0.1, -0.05) is 12.1 Å². The molecule has 2 atom stereocenters. The average molecular weight is 344 g/mol. The van der Waals surface area contributed by atoms with Crippen molar-refractivity contribution in [1.82, 2.24) is 15.8 Å². The second kappa shape index (κ2) is 6.58. The van der Waals surface area contributed by atoms with Crippen LogP contribution in [0.5, 0.6) is 5.75 Å². The van der Waals surface area contributed by atoms with Crippen molar-refractivity contribution in [2.75, 3.05) is 19.7 Å². The third kappa shape index (κ3) is 3.19. The van der Waals surface area contributed by atoms with E-state index in [0.717, 1.165) is 11.1 Å². The first kappa shape index (κ1) is 17.0. The van der Waals surface area contributed by atoms with Crippen molar-refractivity contribution < 1.29 is 22.7 Å². The number of hydrogen-bond donors (Lipinski definition) is 3. The fourth-order valence-corrected chi connectivity index (χ4v) is 3.27. The van der Waals surface area contributed by atoms with Gasteiger partial charge >= 0.3 is 6.18 Å². The van der Waals surface area contributed by atoms with Crippen LogP contribution in [0, 0.1) is 5.92 Å². The van der Waals surface area contributed by atoms with Crippen molar-refractivity contribution in [1.29, 1.82) is 0 Å². The Bertz CT molecular complexity index is 623. The number of ether oxygens (including phenoxy) is 1. The normalized spacial score (nSPS) is 24.6. The molecule has 24 heavy (non-hydrogen) atoms. The summed E-state index contributed by atoms with van der Waals surface area (Å²) in [6, 6.07) is 4.49. The molecule has 0 aliphatic carbocycles. The van der Waals surface area contributed by atoms with Crippen molar-refractivity contribution in [3.63, 3.8) is 0 Å². The highest BCUT2D eigenvalue weighted by molar-refractivity contribution is 5.80. The van der Waals surface area contributed by atoms with Gasteiger partial charge in [0.2, 0.25) is 5.91 Å². The van der Waals surface area contributed by atoms with Crippen molar-refractivity contribution >= 4 is 5.91 Å². The molecule has 3 rings (SSSR count). The van der Waals surface area contributed by atoms with E-state index in [9.17, 15) is 18.0 Å². The molecule has 1 amide bonds. The fourth-order valence-electron chi connectivity index (χ4n) is 3.27. The van der Waals surface area contributed by atoms with E-state index in [-0.39, 0.29) is 6.54 Å². The van der Waals surface area contributed by atoms with E-state index in [1.54, 1.807) is 17.0 Å². The molecule has 132 valence electrons. The molecule has 2 aliphatic rings. The first-order chi connectivity index (χ1) is 11.4. The molecule has 2 unspecified atom stereocenters. The van der Waals surface area contributed by atoms with Crippen LogP contribution in [-0.4, -0.2) is 42.7 Å². The summed E-state index contributed by atoms with van der Waals surface area (Å²) in [6.45, 7) is 1.39. The summed E-state index contributed by atoms with van der Waals surface area (Å²) in [5.74, 6) is -2.46. The van der Waals surface area contributed by atoms with E-state index in [0.29, 0.717) is 32.0 Å². The van der Waals surface area contributed by atoms with Crippen molar-refractivity contribution in [3.05, 3.63) is 29.3 Å². The number of nitrogens with zero attached hydrogens (tertiary/aromatic N) is 1. The Labute approximate surface area is 137 Å². The van der Waals surface area contributed by atoms with E-state index in [1.807, 2.05) is 6.07 Å². The Morgan fingerprint density at radius 2 is 2.12 bits per heavy atom. The lowest BCUT2D eigenvalue weighted by atomic mass is 9.95. The number of alkyl halides is 3. The fraction of sp³-hybridized carbons (Fsp3) is 0.533. The van der Waals surface area contributed by atoms with Crippen LogP contribution < -0.4 is 21.3 Å². The monoisotopic (exact) mass is 344 g/mol. The quantitative estimate of drug-likeness (QED) is 0.742. The Balaban J connectivity index is 1.82. The predicted octanol–water partition coefficient (Wildman–Crippen LogP) is 0.521. The third-order valence-electron chi connectivity index (χ3n) is 4.35. The number of halogens is 3. The number of hydrazine groups is 1. The topological polar surface area (TPSA) is 79.6 Å². The summed E-state index contributed by atoms with van der Waals surface area (Å²) in [5, 5.41) is 0. The lowest BCUT2D eigenvalue weighted by Crippen LogP contribution is -2.63. The molecule has 0 radical (unpaired) electrons. The van der Waals surface area contributed by atoms with Crippen LogP contribution in [0.25, 0.3) is 0 Å². The number of carbonyl (C=O) groups excluding carboxylic acids is 1. The molecule has 1 fully saturated rings. The van der Waals surface area contributed by atoms with E-state index in [4.69, 9.17) is 10.5 Å². The number of carbonyl (C=O) groups is 1. The van der Waals surface area contributed by atoms with Gasteiger partial charge in [0, 0.05) is 37.8 Å². The molecular formula is C15H19F3N4O2. The van der Waals surface area contributed by atoms with Gasteiger partial charge in [0.15, 0.2) is 5.92 Å². The Kier molecular flexibility index (Phi) is 4.66. The molecular weight excluding hydrogens is 325 g/mol. The summed E-state index contributed by atoms with van der Waals surface area (Å²) >= 11 is 0. The predicted molar refractivity (Wildman–Crippen MR) is 79.7 cm³/mol. The zero-order valence-corrected chi connectivity index (χ0v) is 12.9. The van der Waals surface area contributed by atoms with Gasteiger partial charge in [0.05, 0.1) is 0 Å². The number of nitrogens with two attached hydrogens (primary N) is 1. The van der Waals surface area contributed by atoms with Gasteiger partial charge in [-0.3, -0.25) is 15.1 Å². The summed E-state index contributed by atoms with van der Waals surface area (Å²) in [6.07, 6.45) is -4.59. The molecule has 2 aliphatic heterocycles. The van der Waals surface area contributed by atoms with E-state index in [1.165, 1.54) is 0 Å². The maximum Gasteiger partial charge on any atom is 0.402 e. The summed E-state index contributed by atoms with van der Waals surface area (Å²) < 4.78 is 45.5. The lowest BCUT2D eigenvalue weighted by molar-refractivity contribution is -0.201. The van der Waals surface area contributed by atoms with Crippen LogP contribution in [0.4, 0.5) is 13.2 Å². The second-order valence-corrected chi connectivity index (χ2v) is 5.89. The number of fused-ring (bicyclic) bond motifs is 1.